The minimum absolute atomic E-state index is 0.488. The van der Waals surface area contributed by atoms with Gasteiger partial charge in [0.25, 0.3) is 0 Å². The summed E-state index contributed by atoms with van der Waals surface area (Å²) in [4.78, 5) is 10.5. The molecule has 0 spiro atoms. The van der Waals surface area contributed by atoms with E-state index in [2.05, 4.69) is 13.0 Å². The fraction of sp³-hybridized carbons (Fsp3) is 0.462. The number of benzene rings is 1. The van der Waals surface area contributed by atoms with Crippen LogP contribution in [-0.2, 0) is 17.6 Å². The highest BCUT2D eigenvalue weighted by Gasteiger charge is 2.07. The van der Waals surface area contributed by atoms with Crippen LogP contribution in [0.4, 0.5) is 0 Å². The Morgan fingerprint density at radius 1 is 1.40 bits per heavy atom. The van der Waals surface area contributed by atoms with Crippen molar-refractivity contribution in [3.8, 4) is 5.75 Å². The van der Waals surface area contributed by atoms with E-state index < -0.39 is 0 Å². The van der Waals surface area contributed by atoms with Gasteiger partial charge in [0.2, 0.25) is 0 Å². The van der Waals surface area contributed by atoms with Crippen LogP contribution in [0.2, 0.25) is 0 Å². The van der Waals surface area contributed by atoms with E-state index in [1.54, 1.807) is 7.11 Å². The Balaban J connectivity index is 3.12. The first-order valence-electron chi connectivity index (χ1n) is 5.33. The molecule has 0 heterocycles. The smallest absolute Gasteiger partial charge is 0.124 e. The lowest BCUT2D eigenvalue weighted by molar-refractivity contribution is -0.107. The molecular formula is C13H18O2. The zero-order chi connectivity index (χ0) is 11.3. The third-order valence-corrected chi connectivity index (χ3v) is 2.45. The molecule has 0 aliphatic rings. The number of aldehydes is 1. The van der Waals surface area contributed by atoms with Crippen molar-refractivity contribution in [1.29, 1.82) is 0 Å². The summed E-state index contributed by atoms with van der Waals surface area (Å²) in [5.41, 5.74) is 3.39. The highest BCUT2D eigenvalue weighted by molar-refractivity contribution is 5.57. The zero-order valence-corrected chi connectivity index (χ0v) is 9.67. The third kappa shape index (κ3) is 2.82. The van der Waals surface area contributed by atoms with E-state index >= 15 is 0 Å². The molecule has 0 atom stereocenters. The molecule has 0 fully saturated rings. The lowest BCUT2D eigenvalue weighted by atomic mass is 10.00. The van der Waals surface area contributed by atoms with Crippen LogP contribution in [-0.4, -0.2) is 13.4 Å². The predicted molar refractivity (Wildman–Crippen MR) is 61.5 cm³/mol. The number of carbonyl (C=O) groups is 1. The molecule has 0 saturated carbocycles. The standard InChI is InChI=1S/C13H18O2/c1-4-5-12-9-11(6-7-14)8-10(2)13(12)15-3/h7-9H,4-6H2,1-3H3. The van der Waals surface area contributed by atoms with E-state index in [-0.39, 0.29) is 0 Å². The van der Waals surface area contributed by atoms with Gasteiger partial charge in [0.1, 0.15) is 12.0 Å². The van der Waals surface area contributed by atoms with Gasteiger partial charge in [-0.2, -0.15) is 0 Å². The molecule has 1 aromatic carbocycles. The molecule has 2 nitrogen and oxygen atoms in total. The molecule has 0 N–H and O–H groups in total. The molecule has 2 heteroatoms. The minimum Gasteiger partial charge on any atom is -0.496 e. The monoisotopic (exact) mass is 206 g/mol. The summed E-state index contributed by atoms with van der Waals surface area (Å²) in [5.74, 6) is 0.964. The fourth-order valence-electron chi connectivity index (χ4n) is 1.89. The topological polar surface area (TPSA) is 26.3 Å². The second-order valence-electron chi connectivity index (χ2n) is 3.73. The van der Waals surface area contributed by atoms with Gasteiger partial charge in [0.15, 0.2) is 0 Å². The third-order valence-electron chi connectivity index (χ3n) is 2.45. The Bertz CT molecular complexity index is 343. The van der Waals surface area contributed by atoms with Crippen LogP contribution >= 0.6 is 0 Å². The maximum absolute atomic E-state index is 10.5. The van der Waals surface area contributed by atoms with Crippen molar-refractivity contribution in [3.63, 3.8) is 0 Å². The van der Waals surface area contributed by atoms with Crippen LogP contribution < -0.4 is 4.74 Å². The summed E-state index contributed by atoms with van der Waals surface area (Å²) in [7, 11) is 1.70. The molecule has 0 saturated heterocycles. The van der Waals surface area contributed by atoms with Crippen molar-refractivity contribution in [2.24, 2.45) is 0 Å². The van der Waals surface area contributed by atoms with Gasteiger partial charge in [0, 0.05) is 6.42 Å². The van der Waals surface area contributed by atoms with Gasteiger partial charge >= 0.3 is 0 Å². The molecule has 0 aliphatic heterocycles. The molecule has 0 radical (unpaired) electrons. The number of hydrogen-bond acceptors (Lipinski definition) is 2. The van der Waals surface area contributed by atoms with Crippen molar-refractivity contribution < 1.29 is 9.53 Å². The first-order chi connectivity index (χ1) is 7.22. The molecular weight excluding hydrogens is 188 g/mol. The highest BCUT2D eigenvalue weighted by atomic mass is 16.5. The Labute approximate surface area is 91.3 Å². The normalized spacial score (nSPS) is 10.1. The number of ether oxygens (including phenoxy) is 1. The van der Waals surface area contributed by atoms with Crippen molar-refractivity contribution in [2.75, 3.05) is 7.11 Å². The second-order valence-corrected chi connectivity index (χ2v) is 3.73. The molecule has 1 aromatic rings. The molecule has 0 aromatic heterocycles. The average molecular weight is 206 g/mol. The summed E-state index contributed by atoms with van der Waals surface area (Å²) < 4.78 is 5.37. The van der Waals surface area contributed by atoms with Crippen molar-refractivity contribution in [2.45, 2.75) is 33.1 Å². The van der Waals surface area contributed by atoms with E-state index in [0.717, 1.165) is 36.0 Å². The lowest BCUT2D eigenvalue weighted by Gasteiger charge is -2.12. The first kappa shape index (κ1) is 11.8. The van der Waals surface area contributed by atoms with Crippen molar-refractivity contribution >= 4 is 6.29 Å². The van der Waals surface area contributed by atoms with Gasteiger partial charge in [-0.25, -0.2) is 0 Å². The van der Waals surface area contributed by atoms with Crippen LogP contribution in [0.15, 0.2) is 12.1 Å². The summed E-state index contributed by atoms with van der Waals surface area (Å²) in [6.07, 6.45) is 3.51. The fourth-order valence-corrected chi connectivity index (χ4v) is 1.89. The summed E-state index contributed by atoms with van der Waals surface area (Å²) in [6, 6.07) is 4.09. The first-order valence-corrected chi connectivity index (χ1v) is 5.33. The van der Waals surface area contributed by atoms with Gasteiger partial charge in [-0.15, -0.1) is 0 Å². The predicted octanol–water partition coefficient (Wildman–Crippen LogP) is 2.70. The Morgan fingerprint density at radius 2 is 2.13 bits per heavy atom. The van der Waals surface area contributed by atoms with E-state index in [9.17, 15) is 4.79 Å². The average Bonchev–Trinajstić information content (AvgIpc) is 2.18. The van der Waals surface area contributed by atoms with Crippen molar-refractivity contribution in [1.82, 2.24) is 0 Å². The van der Waals surface area contributed by atoms with E-state index in [1.807, 2.05) is 13.0 Å². The number of aryl methyl sites for hydroxylation is 2. The molecule has 0 amide bonds. The van der Waals surface area contributed by atoms with Crippen molar-refractivity contribution in [3.05, 3.63) is 28.8 Å². The van der Waals surface area contributed by atoms with Crippen LogP contribution in [0.25, 0.3) is 0 Å². The number of hydrogen-bond donors (Lipinski definition) is 0. The summed E-state index contributed by atoms with van der Waals surface area (Å²) in [5, 5.41) is 0. The van der Waals surface area contributed by atoms with Crippen LogP contribution in [0, 0.1) is 6.92 Å². The number of methoxy groups -OCH3 is 1. The zero-order valence-electron chi connectivity index (χ0n) is 9.67. The van der Waals surface area contributed by atoms with Gasteiger partial charge < -0.3 is 9.53 Å². The second kappa shape index (κ2) is 5.54. The number of rotatable bonds is 5. The molecule has 0 unspecified atom stereocenters. The maximum atomic E-state index is 10.5. The lowest BCUT2D eigenvalue weighted by Crippen LogP contribution is -1.98. The molecule has 82 valence electrons. The summed E-state index contributed by atoms with van der Waals surface area (Å²) >= 11 is 0. The number of carbonyl (C=O) groups excluding carboxylic acids is 1. The Kier molecular flexibility index (Phi) is 4.35. The van der Waals surface area contributed by atoms with E-state index in [0.29, 0.717) is 6.42 Å². The molecule has 1 rings (SSSR count). The largest absolute Gasteiger partial charge is 0.496 e. The van der Waals surface area contributed by atoms with E-state index in [1.165, 1.54) is 5.56 Å². The highest BCUT2D eigenvalue weighted by Crippen LogP contribution is 2.26. The molecule has 0 bridgehead atoms. The summed E-state index contributed by atoms with van der Waals surface area (Å²) in [6.45, 7) is 4.16. The Hall–Kier alpha value is -1.31. The van der Waals surface area contributed by atoms with Crippen LogP contribution in [0.5, 0.6) is 5.75 Å². The van der Waals surface area contributed by atoms with Gasteiger partial charge in [-0.3, -0.25) is 0 Å². The molecule has 15 heavy (non-hydrogen) atoms. The SMILES string of the molecule is CCCc1cc(CC=O)cc(C)c1OC. The van der Waals surface area contributed by atoms with E-state index in [4.69, 9.17) is 4.74 Å². The maximum Gasteiger partial charge on any atom is 0.124 e. The van der Waals surface area contributed by atoms with Crippen LogP contribution in [0.3, 0.4) is 0 Å². The van der Waals surface area contributed by atoms with Gasteiger partial charge in [-0.05, 0) is 30.0 Å². The van der Waals surface area contributed by atoms with Crippen LogP contribution in [0.1, 0.15) is 30.0 Å². The molecule has 0 aliphatic carbocycles. The quantitative estimate of drug-likeness (QED) is 0.692. The van der Waals surface area contributed by atoms with Gasteiger partial charge in [-0.1, -0.05) is 25.5 Å². The minimum atomic E-state index is 0.488. The Morgan fingerprint density at radius 3 is 2.67 bits per heavy atom. The van der Waals surface area contributed by atoms with Gasteiger partial charge in [0.05, 0.1) is 7.11 Å².